The number of nitrogens with zero attached hydrogens (tertiary/aromatic N) is 6. The number of aromatic nitrogens is 5. The van der Waals surface area contributed by atoms with Crippen LogP contribution >= 0.6 is 11.3 Å². The molecule has 0 fully saturated rings. The number of anilines is 1. The largest absolute Gasteiger partial charge is 0.454 e. The number of thiophene rings is 1. The van der Waals surface area contributed by atoms with Crippen molar-refractivity contribution in [1.29, 1.82) is 0 Å². The summed E-state index contributed by atoms with van der Waals surface area (Å²) in [5, 5.41) is 21.4. The van der Waals surface area contributed by atoms with Gasteiger partial charge in [-0.2, -0.15) is 9.78 Å². The van der Waals surface area contributed by atoms with Gasteiger partial charge in [0.05, 0.1) is 10.6 Å². The highest BCUT2D eigenvalue weighted by atomic mass is 32.1. The number of hydrogen-bond acceptors (Lipinski definition) is 11. The molecule has 0 unspecified atom stereocenters. The summed E-state index contributed by atoms with van der Waals surface area (Å²) in [6.07, 6.45) is 0. The average molecular weight is 438 g/mol. The SMILES string of the molecule is CC(=NNC(=O)c1nnn(-c2nonc2N)c1-c1cccs1)c1ccc2c(c1)OCO2. The summed E-state index contributed by atoms with van der Waals surface area (Å²) in [5.74, 6) is 0.894. The topological polar surface area (TPSA) is 156 Å². The summed E-state index contributed by atoms with van der Waals surface area (Å²) in [5.41, 5.74) is 10.1. The van der Waals surface area contributed by atoms with Crippen molar-refractivity contribution in [3.05, 3.63) is 47.0 Å². The molecular weight excluding hydrogens is 424 g/mol. The third-order valence-electron chi connectivity index (χ3n) is 4.45. The van der Waals surface area contributed by atoms with E-state index < -0.39 is 5.91 Å². The van der Waals surface area contributed by atoms with Gasteiger partial charge in [0.2, 0.25) is 18.4 Å². The molecule has 0 saturated heterocycles. The zero-order chi connectivity index (χ0) is 21.4. The monoisotopic (exact) mass is 438 g/mol. The number of hydrogen-bond donors (Lipinski definition) is 2. The van der Waals surface area contributed by atoms with E-state index in [9.17, 15) is 4.79 Å². The molecule has 0 aliphatic carbocycles. The second-order valence-corrected chi connectivity index (χ2v) is 7.30. The van der Waals surface area contributed by atoms with Crippen LogP contribution in [0.25, 0.3) is 16.4 Å². The number of hydrazone groups is 1. The van der Waals surface area contributed by atoms with Crippen LogP contribution in [0.5, 0.6) is 11.5 Å². The fraction of sp³-hybridized carbons (Fsp3) is 0.111. The Hall–Kier alpha value is -4.26. The summed E-state index contributed by atoms with van der Waals surface area (Å²) in [6.45, 7) is 1.94. The Morgan fingerprint density at radius 1 is 1.26 bits per heavy atom. The molecule has 13 heteroatoms. The van der Waals surface area contributed by atoms with E-state index in [-0.39, 0.29) is 24.1 Å². The number of amides is 1. The lowest BCUT2D eigenvalue weighted by molar-refractivity contribution is 0.0950. The number of nitrogens with two attached hydrogens (primary N) is 1. The van der Waals surface area contributed by atoms with E-state index in [0.717, 1.165) is 10.4 Å². The van der Waals surface area contributed by atoms with Crippen LogP contribution < -0.4 is 20.6 Å². The van der Waals surface area contributed by atoms with Gasteiger partial charge in [-0.1, -0.05) is 11.3 Å². The van der Waals surface area contributed by atoms with Crippen LogP contribution in [0, 0.1) is 0 Å². The Balaban J connectivity index is 1.45. The predicted octanol–water partition coefficient (Wildman–Crippen LogP) is 1.84. The van der Waals surface area contributed by atoms with Gasteiger partial charge >= 0.3 is 0 Å². The van der Waals surface area contributed by atoms with Crippen LogP contribution in [0.4, 0.5) is 5.82 Å². The maximum atomic E-state index is 12.9. The predicted molar refractivity (Wildman–Crippen MR) is 109 cm³/mol. The smallest absolute Gasteiger partial charge is 0.294 e. The summed E-state index contributed by atoms with van der Waals surface area (Å²) in [7, 11) is 0. The van der Waals surface area contributed by atoms with Gasteiger partial charge in [-0.15, -0.1) is 16.4 Å². The lowest BCUT2D eigenvalue weighted by Gasteiger charge is -2.05. The molecule has 0 atom stereocenters. The van der Waals surface area contributed by atoms with Crippen molar-refractivity contribution in [2.24, 2.45) is 5.10 Å². The Labute approximate surface area is 178 Å². The van der Waals surface area contributed by atoms with Crippen molar-refractivity contribution in [3.63, 3.8) is 0 Å². The van der Waals surface area contributed by atoms with Crippen LogP contribution in [0.3, 0.4) is 0 Å². The van der Waals surface area contributed by atoms with Gasteiger partial charge in [0.25, 0.3) is 5.91 Å². The minimum absolute atomic E-state index is 0.0198. The van der Waals surface area contributed by atoms with E-state index in [1.165, 1.54) is 16.0 Å². The van der Waals surface area contributed by atoms with E-state index in [4.69, 9.17) is 15.2 Å². The molecule has 4 heterocycles. The molecule has 0 saturated carbocycles. The zero-order valence-corrected chi connectivity index (χ0v) is 16.8. The van der Waals surface area contributed by atoms with E-state index in [1.54, 1.807) is 19.1 Å². The number of nitrogen functional groups attached to an aromatic ring is 1. The molecular formula is C18H14N8O4S. The molecule has 0 spiro atoms. The van der Waals surface area contributed by atoms with Crippen molar-refractivity contribution < 1.29 is 18.9 Å². The summed E-state index contributed by atoms with van der Waals surface area (Å²) < 4.78 is 16.6. The molecule has 1 amide bonds. The zero-order valence-electron chi connectivity index (χ0n) is 16.0. The van der Waals surface area contributed by atoms with Gasteiger partial charge in [0.1, 0.15) is 5.69 Å². The summed E-state index contributed by atoms with van der Waals surface area (Å²) >= 11 is 1.40. The molecule has 156 valence electrons. The lowest BCUT2D eigenvalue weighted by Crippen LogP contribution is -2.20. The minimum Gasteiger partial charge on any atom is -0.454 e. The van der Waals surface area contributed by atoms with Crippen LogP contribution in [0.15, 0.2) is 45.4 Å². The van der Waals surface area contributed by atoms with Crippen LogP contribution in [0.2, 0.25) is 0 Å². The Bertz CT molecular complexity index is 1290. The molecule has 1 aromatic carbocycles. The van der Waals surface area contributed by atoms with Crippen LogP contribution in [-0.2, 0) is 0 Å². The number of carbonyl (C=O) groups is 1. The molecule has 0 radical (unpaired) electrons. The first kappa shape index (κ1) is 18.7. The Kier molecular flexibility index (Phi) is 4.55. The third-order valence-corrected chi connectivity index (χ3v) is 5.33. The molecule has 5 rings (SSSR count). The number of carbonyl (C=O) groups excluding carboxylic acids is 1. The number of benzene rings is 1. The molecule has 31 heavy (non-hydrogen) atoms. The first-order valence-electron chi connectivity index (χ1n) is 8.94. The number of nitrogens with one attached hydrogen (secondary N) is 1. The Morgan fingerprint density at radius 3 is 2.90 bits per heavy atom. The summed E-state index contributed by atoms with van der Waals surface area (Å²) in [4.78, 5) is 13.6. The maximum absolute atomic E-state index is 12.9. The van der Waals surface area contributed by atoms with Gasteiger partial charge in [-0.25, -0.2) is 10.1 Å². The molecule has 4 aromatic rings. The fourth-order valence-corrected chi connectivity index (χ4v) is 3.68. The summed E-state index contributed by atoms with van der Waals surface area (Å²) in [6, 6.07) is 9.06. The highest BCUT2D eigenvalue weighted by Crippen LogP contribution is 2.33. The van der Waals surface area contributed by atoms with E-state index in [0.29, 0.717) is 22.9 Å². The standard InChI is InChI=1S/C18H14N8O4S/c1-9(10-4-5-11-12(7-10)29-8-28-11)20-22-18(27)14-15(13-3-2-6-31-13)26(25-21-14)17-16(19)23-30-24-17/h2-7H,8H2,1H3,(H2,19,23)(H,22,27). The molecule has 0 bridgehead atoms. The molecule has 3 aromatic heterocycles. The van der Waals surface area contributed by atoms with Crippen LogP contribution in [0.1, 0.15) is 23.0 Å². The van der Waals surface area contributed by atoms with E-state index in [1.807, 2.05) is 23.6 Å². The van der Waals surface area contributed by atoms with Gasteiger partial charge in [0.15, 0.2) is 17.2 Å². The van der Waals surface area contributed by atoms with Crippen molar-refractivity contribution >= 4 is 28.8 Å². The normalized spacial score (nSPS) is 12.9. The number of rotatable bonds is 5. The van der Waals surface area contributed by atoms with Crippen LogP contribution in [-0.4, -0.2) is 43.7 Å². The van der Waals surface area contributed by atoms with E-state index in [2.05, 4.69) is 35.8 Å². The van der Waals surface area contributed by atoms with Gasteiger partial charge in [0, 0.05) is 5.56 Å². The van der Waals surface area contributed by atoms with Gasteiger partial charge in [-0.05, 0) is 46.9 Å². The molecule has 3 N–H and O–H groups in total. The quantitative estimate of drug-likeness (QED) is 0.350. The minimum atomic E-state index is -0.551. The van der Waals surface area contributed by atoms with Gasteiger partial charge in [-0.3, -0.25) is 4.79 Å². The van der Waals surface area contributed by atoms with E-state index >= 15 is 0 Å². The first-order chi connectivity index (χ1) is 15.1. The van der Waals surface area contributed by atoms with Gasteiger partial charge < -0.3 is 15.2 Å². The molecule has 1 aliphatic heterocycles. The highest BCUT2D eigenvalue weighted by molar-refractivity contribution is 7.13. The lowest BCUT2D eigenvalue weighted by atomic mass is 10.1. The van der Waals surface area contributed by atoms with Crippen molar-refractivity contribution in [1.82, 2.24) is 30.7 Å². The highest BCUT2D eigenvalue weighted by Gasteiger charge is 2.25. The van der Waals surface area contributed by atoms with Crippen molar-refractivity contribution in [2.75, 3.05) is 12.5 Å². The second kappa shape index (κ2) is 7.53. The van der Waals surface area contributed by atoms with Crippen molar-refractivity contribution in [3.8, 4) is 27.9 Å². The maximum Gasteiger partial charge on any atom is 0.294 e. The first-order valence-corrected chi connectivity index (χ1v) is 9.82. The number of fused-ring (bicyclic) bond motifs is 1. The molecule has 12 nitrogen and oxygen atoms in total. The third kappa shape index (κ3) is 3.36. The van der Waals surface area contributed by atoms with Crippen molar-refractivity contribution in [2.45, 2.75) is 6.92 Å². The Morgan fingerprint density at radius 2 is 2.13 bits per heavy atom. The number of ether oxygens (including phenoxy) is 2. The average Bonchev–Trinajstić information content (AvgIpc) is 3.56. The second-order valence-electron chi connectivity index (χ2n) is 6.36. The fourth-order valence-electron chi connectivity index (χ4n) is 2.93. The molecule has 1 aliphatic rings.